The van der Waals surface area contributed by atoms with Gasteiger partial charge in [0.15, 0.2) is 6.10 Å². The number of carbonyl (C=O) groups is 2. The van der Waals surface area contributed by atoms with E-state index in [0.717, 1.165) is 0 Å². The summed E-state index contributed by atoms with van der Waals surface area (Å²) in [5.74, 6) is -1.95. The standard InChI is InChI=1S/C12H15N2O4/c1-7(15)9(13)11(17)14-12(18)10(16)8-5-3-2-4-6-8/h2-7,9-10,15-16H,13H2,1H3/t7-,9+,10?/m1/s1. The van der Waals surface area contributed by atoms with Crippen molar-refractivity contribution in [1.29, 1.82) is 0 Å². The molecule has 2 amide bonds. The molecule has 18 heavy (non-hydrogen) atoms. The van der Waals surface area contributed by atoms with Crippen molar-refractivity contribution in [2.75, 3.05) is 0 Å². The lowest BCUT2D eigenvalue weighted by Crippen LogP contribution is -2.46. The van der Waals surface area contributed by atoms with Crippen LogP contribution in [0.15, 0.2) is 30.3 Å². The zero-order chi connectivity index (χ0) is 13.7. The number of aliphatic hydroxyl groups excluding tert-OH is 2. The first-order valence-corrected chi connectivity index (χ1v) is 5.39. The molecule has 0 spiro atoms. The molecule has 0 aliphatic heterocycles. The van der Waals surface area contributed by atoms with Gasteiger partial charge in [0.1, 0.15) is 6.04 Å². The molecule has 97 valence electrons. The fourth-order valence-corrected chi connectivity index (χ4v) is 1.23. The van der Waals surface area contributed by atoms with Crippen molar-refractivity contribution in [3.63, 3.8) is 0 Å². The third-order valence-corrected chi connectivity index (χ3v) is 2.37. The van der Waals surface area contributed by atoms with Crippen molar-refractivity contribution >= 4 is 11.8 Å². The second-order valence-corrected chi connectivity index (χ2v) is 3.87. The van der Waals surface area contributed by atoms with Gasteiger partial charge in [-0.3, -0.25) is 9.59 Å². The fraction of sp³-hybridized carbons (Fsp3) is 0.333. The molecule has 3 atom stereocenters. The van der Waals surface area contributed by atoms with Crippen LogP contribution in [0.5, 0.6) is 0 Å². The highest BCUT2D eigenvalue weighted by molar-refractivity contribution is 5.99. The van der Waals surface area contributed by atoms with Crippen LogP contribution in [-0.4, -0.2) is 34.2 Å². The van der Waals surface area contributed by atoms with Crippen LogP contribution in [-0.2, 0) is 9.59 Å². The van der Waals surface area contributed by atoms with Gasteiger partial charge < -0.3 is 15.9 Å². The molecule has 0 aliphatic carbocycles. The number of nitrogens with two attached hydrogens (primary N) is 1. The lowest BCUT2D eigenvalue weighted by Gasteiger charge is -2.14. The van der Waals surface area contributed by atoms with Gasteiger partial charge in [-0.2, -0.15) is 5.32 Å². The second kappa shape index (κ2) is 6.25. The Morgan fingerprint density at radius 3 is 2.22 bits per heavy atom. The molecule has 0 aromatic heterocycles. The number of aliphatic hydroxyl groups is 2. The molecule has 0 saturated carbocycles. The third kappa shape index (κ3) is 3.63. The molecule has 0 bridgehead atoms. The first kappa shape index (κ1) is 14.3. The maximum Gasteiger partial charge on any atom is 0.282 e. The Balaban J connectivity index is 2.64. The van der Waals surface area contributed by atoms with E-state index in [1.807, 2.05) is 0 Å². The molecule has 0 heterocycles. The Hall–Kier alpha value is -1.76. The van der Waals surface area contributed by atoms with Crippen molar-refractivity contribution in [3.8, 4) is 0 Å². The Bertz CT molecular complexity index is 419. The Labute approximate surface area is 104 Å². The maximum absolute atomic E-state index is 11.5. The molecule has 4 N–H and O–H groups in total. The predicted molar refractivity (Wildman–Crippen MR) is 63.2 cm³/mol. The van der Waals surface area contributed by atoms with Crippen LogP contribution in [0.4, 0.5) is 0 Å². The van der Waals surface area contributed by atoms with Gasteiger partial charge in [-0.25, -0.2) is 0 Å². The van der Waals surface area contributed by atoms with Gasteiger partial charge in [0, 0.05) is 0 Å². The van der Waals surface area contributed by atoms with E-state index in [1.165, 1.54) is 19.1 Å². The van der Waals surface area contributed by atoms with E-state index in [-0.39, 0.29) is 0 Å². The minimum atomic E-state index is -1.50. The molecule has 0 saturated heterocycles. The largest absolute Gasteiger partial charge is 0.391 e. The smallest absolute Gasteiger partial charge is 0.282 e. The number of hydrogen-bond donors (Lipinski definition) is 3. The number of imide groups is 1. The summed E-state index contributed by atoms with van der Waals surface area (Å²) >= 11 is 0. The number of hydrogen-bond acceptors (Lipinski definition) is 5. The van der Waals surface area contributed by atoms with Gasteiger partial charge in [-0.1, -0.05) is 30.3 Å². The predicted octanol–water partition coefficient (Wildman–Crippen LogP) is -0.914. The van der Waals surface area contributed by atoms with Crippen LogP contribution in [0, 0.1) is 0 Å². The van der Waals surface area contributed by atoms with Gasteiger partial charge >= 0.3 is 0 Å². The van der Waals surface area contributed by atoms with Crippen LogP contribution < -0.4 is 11.1 Å². The summed E-state index contributed by atoms with van der Waals surface area (Å²) in [6.07, 6.45) is -2.61. The summed E-state index contributed by atoms with van der Waals surface area (Å²) in [6.45, 7) is 1.32. The van der Waals surface area contributed by atoms with E-state index in [1.54, 1.807) is 18.2 Å². The summed E-state index contributed by atoms with van der Waals surface area (Å²) in [5, 5.41) is 21.9. The zero-order valence-corrected chi connectivity index (χ0v) is 9.85. The zero-order valence-electron chi connectivity index (χ0n) is 9.85. The number of nitrogens with zero attached hydrogens (tertiary/aromatic N) is 1. The second-order valence-electron chi connectivity index (χ2n) is 3.87. The lowest BCUT2D eigenvalue weighted by atomic mass is 10.1. The molecule has 1 aromatic carbocycles. The summed E-state index contributed by atoms with van der Waals surface area (Å²) < 4.78 is 0. The highest BCUT2D eigenvalue weighted by Gasteiger charge is 2.26. The molecule has 1 unspecified atom stereocenters. The number of rotatable bonds is 4. The molecular formula is C12H15N2O4. The van der Waals surface area contributed by atoms with E-state index in [0.29, 0.717) is 5.56 Å². The van der Waals surface area contributed by atoms with Crippen molar-refractivity contribution < 1.29 is 19.8 Å². The number of carbonyl (C=O) groups excluding carboxylic acids is 2. The van der Waals surface area contributed by atoms with Crippen molar-refractivity contribution in [3.05, 3.63) is 35.9 Å². The summed E-state index contributed by atoms with van der Waals surface area (Å²) in [4.78, 5) is 22.9. The molecule has 6 heteroatoms. The number of benzene rings is 1. The fourth-order valence-electron chi connectivity index (χ4n) is 1.23. The van der Waals surface area contributed by atoms with Crippen molar-refractivity contribution in [1.82, 2.24) is 5.32 Å². The van der Waals surface area contributed by atoms with E-state index in [4.69, 9.17) is 10.8 Å². The maximum atomic E-state index is 11.5. The van der Waals surface area contributed by atoms with Crippen LogP contribution in [0.1, 0.15) is 18.6 Å². The molecule has 1 radical (unpaired) electrons. The Morgan fingerprint density at radius 2 is 1.72 bits per heavy atom. The average Bonchev–Trinajstić information content (AvgIpc) is 2.37. The third-order valence-electron chi connectivity index (χ3n) is 2.37. The summed E-state index contributed by atoms with van der Waals surface area (Å²) in [5.41, 5.74) is 5.66. The van der Waals surface area contributed by atoms with Crippen LogP contribution in [0.25, 0.3) is 0 Å². The van der Waals surface area contributed by atoms with Gasteiger partial charge in [0.25, 0.3) is 11.8 Å². The monoisotopic (exact) mass is 251 g/mol. The molecule has 0 fully saturated rings. The first-order valence-electron chi connectivity index (χ1n) is 5.39. The van der Waals surface area contributed by atoms with Crippen molar-refractivity contribution in [2.24, 2.45) is 5.73 Å². The summed E-state index contributed by atoms with van der Waals surface area (Å²) in [7, 11) is 0. The average molecular weight is 251 g/mol. The normalized spacial score (nSPS) is 15.6. The van der Waals surface area contributed by atoms with Crippen molar-refractivity contribution in [2.45, 2.75) is 25.2 Å². The minimum absolute atomic E-state index is 0.338. The van der Waals surface area contributed by atoms with Crippen LogP contribution in [0.3, 0.4) is 0 Å². The van der Waals surface area contributed by atoms with Gasteiger partial charge in [0.2, 0.25) is 0 Å². The SMILES string of the molecule is C[C@@H](O)[C@H](N)C(=O)[N]C(=O)C(O)c1ccccc1. The van der Waals surface area contributed by atoms with Gasteiger partial charge in [0.05, 0.1) is 6.10 Å². The van der Waals surface area contributed by atoms with E-state index in [2.05, 4.69) is 5.32 Å². The Kier molecular flexibility index (Phi) is 4.96. The molecular weight excluding hydrogens is 236 g/mol. The molecule has 1 rings (SSSR count). The van der Waals surface area contributed by atoms with E-state index < -0.39 is 30.1 Å². The van der Waals surface area contributed by atoms with Crippen LogP contribution in [0.2, 0.25) is 0 Å². The summed E-state index contributed by atoms with van der Waals surface area (Å²) in [6, 6.07) is 6.84. The van der Waals surface area contributed by atoms with Crippen LogP contribution >= 0.6 is 0 Å². The highest BCUT2D eigenvalue weighted by atomic mass is 16.3. The van der Waals surface area contributed by atoms with Gasteiger partial charge in [-0.05, 0) is 12.5 Å². The molecule has 0 aliphatic rings. The van der Waals surface area contributed by atoms with E-state index >= 15 is 0 Å². The first-order chi connectivity index (χ1) is 8.43. The Morgan fingerprint density at radius 1 is 1.17 bits per heavy atom. The highest BCUT2D eigenvalue weighted by Crippen LogP contribution is 2.12. The molecule has 1 aromatic rings. The lowest BCUT2D eigenvalue weighted by molar-refractivity contribution is -0.137. The number of amides is 2. The van der Waals surface area contributed by atoms with Gasteiger partial charge in [-0.15, -0.1) is 0 Å². The molecule has 6 nitrogen and oxygen atoms in total. The van der Waals surface area contributed by atoms with E-state index in [9.17, 15) is 14.7 Å². The topological polar surface area (TPSA) is 115 Å². The quantitative estimate of drug-likeness (QED) is 0.640. The minimum Gasteiger partial charge on any atom is -0.391 e.